The van der Waals surface area contributed by atoms with E-state index in [0.29, 0.717) is 22.4 Å². The van der Waals surface area contributed by atoms with Gasteiger partial charge in [-0.15, -0.1) is 0 Å². The third-order valence-corrected chi connectivity index (χ3v) is 3.25. The van der Waals surface area contributed by atoms with Crippen LogP contribution >= 0.6 is 0 Å². The molecule has 0 saturated carbocycles. The van der Waals surface area contributed by atoms with Crippen molar-refractivity contribution in [3.8, 4) is 11.5 Å². The Labute approximate surface area is 135 Å². The first kappa shape index (κ1) is 15.3. The number of pyridine rings is 2. The maximum Gasteiger partial charge on any atom is 0.356 e. The van der Waals surface area contributed by atoms with Gasteiger partial charge in [-0.05, 0) is 24.3 Å². The first-order valence-electron chi connectivity index (χ1n) is 6.84. The standard InChI is InChI=1S/C16H11N3O5/c1-23-16(20)14-5-3-11(9-18-14)24-15-6-7-17-13-4-2-10(19(21)22)8-12(13)15/h2-9H,1H3. The Balaban J connectivity index is 1.96. The van der Waals surface area contributed by atoms with E-state index in [1.165, 1.54) is 31.5 Å². The molecule has 3 aromatic rings. The number of hydrogen-bond donors (Lipinski definition) is 0. The van der Waals surface area contributed by atoms with E-state index in [9.17, 15) is 14.9 Å². The predicted molar refractivity (Wildman–Crippen MR) is 84.0 cm³/mol. The predicted octanol–water partition coefficient (Wildman–Crippen LogP) is 3.12. The van der Waals surface area contributed by atoms with Crippen molar-refractivity contribution in [3.05, 3.63) is 64.6 Å². The second-order valence-electron chi connectivity index (χ2n) is 4.74. The zero-order valence-electron chi connectivity index (χ0n) is 12.5. The monoisotopic (exact) mass is 325 g/mol. The van der Waals surface area contributed by atoms with Gasteiger partial charge in [0.15, 0.2) is 0 Å². The fourth-order valence-electron chi connectivity index (χ4n) is 2.10. The molecule has 0 bridgehead atoms. The smallest absolute Gasteiger partial charge is 0.356 e. The number of carbonyl (C=O) groups excluding carboxylic acids is 1. The Morgan fingerprint density at radius 2 is 2.00 bits per heavy atom. The molecule has 3 rings (SSSR count). The number of fused-ring (bicyclic) bond motifs is 1. The number of nitro groups is 1. The van der Waals surface area contributed by atoms with Gasteiger partial charge in [0.1, 0.15) is 17.2 Å². The maximum atomic E-state index is 11.4. The number of benzene rings is 1. The molecular formula is C16H11N3O5. The highest BCUT2D eigenvalue weighted by atomic mass is 16.6. The van der Waals surface area contributed by atoms with Gasteiger partial charge in [0.05, 0.1) is 23.7 Å². The Bertz CT molecular complexity index is 925. The van der Waals surface area contributed by atoms with E-state index in [0.717, 1.165) is 0 Å². The molecule has 0 unspecified atom stereocenters. The molecule has 0 amide bonds. The molecule has 8 heteroatoms. The summed E-state index contributed by atoms with van der Waals surface area (Å²) in [5.74, 6) is 0.226. The van der Waals surface area contributed by atoms with Crippen molar-refractivity contribution in [1.29, 1.82) is 0 Å². The van der Waals surface area contributed by atoms with Crippen molar-refractivity contribution >= 4 is 22.6 Å². The van der Waals surface area contributed by atoms with Crippen LogP contribution in [0.4, 0.5) is 5.69 Å². The Hall–Kier alpha value is -3.55. The van der Waals surface area contributed by atoms with Crippen LogP contribution in [0.2, 0.25) is 0 Å². The number of methoxy groups -OCH3 is 1. The Morgan fingerprint density at radius 3 is 2.67 bits per heavy atom. The summed E-state index contributed by atoms with van der Waals surface area (Å²) in [6.07, 6.45) is 2.91. The summed E-state index contributed by atoms with van der Waals surface area (Å²) in [5, 5.41) is 11.4. The van der Waals surface area contributed by atoms with Crippen LogP contribution < -0.4 is 4.74 Å². The van der Waals surface area contributed by atoms with E-state index in [4.69, 9.17) is 4.74 Å². The maximum absolute atomic E-state index is 11.4. The summed E-state index contributed by atoms with van der Waals surface area (Å²) in [5.41, 5.74) is 0.664. The minimum atomic E-state index is -0.550. The summed E-state index contributed by atoms with van der Waals surface area (Å²) in [6, 6.07) is 8.95. The van der Waals surface area contributed by atoms with Crippen LogP contribution in [-0.4, -0.2) is 28.0 Å². The van der Waals surface area contributed by atoms with Crippen molar-refractivity contribution in [3.63, 3.8) is 0 Å². The molecule has 0 aliphatic rings. The lowest BCUT2D eigenvalue weighted by atomic mass is 10.2. The normalized spacial score (nSPS) is 10.4. The lowest BCUT2D eigenvalue weighted by molar-refractivity contribution is -0.384. The van der Waals surface area contributed by atoms with Gasteiger partial charge in [0.25, 0.3) is 5.69 Å². The quantitative estimate of drug-likeness (QED) is 0.412. The van der Waals surface area contributed by atoms with E-state index in [2.05, 4.69) is 14.7 Å². The van der Waals surface area contributed by atoms with E-state index in [-0.39, 0.29) is 11.4 Å². The number of nitro benzene ring substituents is 1. The lowest BCUT2D eigenvalue weighted by Gasteiger charge is -2.08. The van der Waals surface area contributed by atoms with Gasteiger partial charge in [-0.3, -0.25) is 15.1 Å². The third-order valence-electron chi connectivity index (χ3n) is 3.25. The van der Waals surface area contributed by atoms with E-state index in [1.54, 1.807) is 24.4 Å². The SMILES string of the molecule is COC(=O)c1ccc(Oc2ccnc3ccc([N+](=O)[O-])cc23)cn1. The Kier molecular flexibility index (Phi) is 4.02. The number of hydrogen-bond acceptors (Lipinski definition) is 7. The average Bonchev–Trinajstić information content (AvgIpc) is 2.61. The van der Waals surface area contributed by atoms with Crippen LogP contribution in [0.15, 0.2) is 48.8 Å². The lowest BCUT2D eigenvalue weighted by Crippen LogP contribution is -2.03. The number of esters is 1. The number of ether oxygens (including phenoxy) is 2. The largest absolute Gasteiger partial charge is 0.464 e. The first-order valence-corrected chi connectivity index (χ1v) is 6.84. The molecule has 0 saturated heterocycles. The van der Waals surface area contributed by atoms with Gasteiger partial charge in [0, 0.05) is 23.7 Å². The van der Waals surface area contributed by atoms with Crippen LogP contribution in [0.3, 0.4) is 0 Å². The Morgan fingerprint density at radius 1 is 1.17 bits per heavy atom. The molecule has 120 valence electrons. The number of rotatable bonds is 4. The molecule has 24 heavy (non-hydrogen) atoms. The number of non-ortho nitro benzene ring substituents is 1. The van der Waals surface area contributed by atoms with Crippen molar-refractivity contribution < 1.29 is 19.2 Å². The third kappa shape index (κ3) is 2.98. The molecule has 1 aromatic carbocycles. The second kappa shape index (κ2) is 6.29. The average molecular weight is 325 g/mol. The molecule has 0 N–H and O–H groups in total. The van der Waals surface area contributed by atoms with Crippen LogP contribution in [0.25, 0.3) is 10.9 Å². The fraction of sp³-hybridized carbons (Fsp3) is 0.0625. The second-order valence-corrected chi connectivity index (χ2v) is 4.74. The van der Waals surface area contributed by atoms with E-state index < -0.39 is 10.9 Å². The number of nitrogens with zero attached hydrogens (tertiary/aromatic N) is 3. The fourth-order valence-corrected chi connectivity index (χ4v) is 2.10. The van der Waals surface area contributed by atoms with Crippen LogP contribution in [0, 0.1) is 10.1 Å². The van der Waals surface area contributed by atoms with Gasteiger partial charge in [-0.25, -0.2) is 9.78 Å². The highest BCUT2D eigenvalue weighted by Gasteiger charge is 2.12. The minimum Gasteiger partial charge on any atom is -0.464 e. The van der Waals surface area contributed by atoms with Gasteiger partial charge >= 0.3 is 5.97 Å². The summed E-state index contributed by atoms with van der Waals surface area (Å²) in [4.78, 5) is 29.9. The molecular weight excluding hydrogens is 314 g/mol. The molecule has 2 aromatic heterocycles. The molecule has 0 aliphatic heterocycles. The molecule has 0 radical (unpaired) electrons. The molecule has 8 nitrogen and oxygen atoms in total. The summed E-state index contributed by atoms with van der Waals surface area (Å²) < 4.78 is 10.3. The van der Waals surface area contributed by atoms with Gasteiger partial charge < -0.3 is 9.47 Å². The van der Waals surface area contributed by atoms with Gasteiger partial charge in [-0.2, -0.15) is 0 Å². The minimum absolute atomic E-state index is 0.0560. The van der Waals surface area contributed by atoms with Crippen LogP contribution in [0.5, 0.6) is 11.5 Å². The zero-order chi connectivity index (χ0) is 17.1. The number of carbonyl (C=O) groups is 1. The highest BCUT2D eigenvalue weighted by Crippen LogP contribution is 2.31. The summed E-state index contributed by atoms with van der Waals surface area (Å²) >= 11 is 0. The van der Waals surface area contributed by atoms with Crippen molar-refractivity contribution in [2.45, 2.75) is 0 Å². The van der Waals surface area contributed by atoms with Crippen molar-refractivity contribution in [2.75, 3.05) is 7.11 Å². The van der Waals surface area contributed by atoms with Gasteiger partial charge in [-0.1, -0.05) is 0 Å². The molecule has 0 spiro atoms. The molecule has 0 fully saturated rings. The summed E-state index contributed by atoms with van der Waals surface area (Å²) in [6.45, 7) is 0. The van der Waals surface area contributed by atoms with E-state index in [1.807, 2.05) is 0 Å². The molecule has 0 aliphatic carbocycles. The number of aromatic nitrogens is 2. The summed E-state index contributed by atoms with van der Waals surface area (Å²) in [7, 11) is 1.27. The first-order chi connectivity index (χ1) is 11.6. The van der Waals surface area contributed by atoms with Crippen LogP contribution in [-0.2, 0) is 4.74 Å². The zero-order valence-corrected chi connectivity index (χ0v) is 12.5. The van der Waals surface area contributed by atoms with Crippen molar-refractivity contribution in [2.24, 2.45) is 0 Å². The topological polar surface area (TPSA) is 104 Å². The van der Waals surface area contributed by atoms with Crippen molar-refractivity contribution in [1.82, 2.24) is 9.97 Å². The van der Waals surface area contributed by atoms with E-state index >= 15 is 0 Å². The molecule has 0 atom stereocenters. The highest BCUT2D eigenvalue weighted by molar-refractivity contribution is 5.88. The van der Waals surface area contributed by atoms with Gasteiger partial charge in [0.2, 0.25) is 0 Å². The molecule has 2 heterocycles. The van der Waals surface area contributed by atoms with Crippen LogP contribution in [0.1, 0.15) is 10.5 Å².